The predicted octanol–water partition coefficient (Wildman–Crippen LogP) is 2.26. The molecule has 2 N–H and O–H groups in total. The predicted molar refractivity (Wildman–Crippen MR) is 61.8 cm³/mol. The van der Waals surface area contributed by atoms with E-state index in [0.29, 0.717) is 0 Å². The summed E-state index contributed by atoms with van der Waals surface area (Å²) in [5.41, 5.74) is 5.38. The van der Waals surface area contributed by atoms with Gasteiger partial charge in [0.25, 0.3) is 0 Å². The molecule has 0 radical (unpaired) electrons. The first-order chi connectivity index (χ1) is 6.89. The third kappa shape index (κ3) is 2.38. The molecule has 0 fully saturated rings. The molecule has 0 unspecified atom stereocenters. The summed E-state index contributed by atoms with van der Waals surface area (Å²) in [6.45, 7) is 5.63. The fourth-order valence-corrected chi connectivity index (χ4v) is 2.43. The van der Waals surface area contributed by atoms with Gasteiger partial charge in [0.1, 0.15) is 0 Å². The lowest BCUT2D eigenvalue weighted by molar-refractivity contribution is -0.152. The molecule has 0 aliphatic rings. The molecule has 0 aliphatic carbocycles. The Morgan fingerprint density at radius 3 is 2.53 bits per heavy atom. The lowest BCUT2D eigenvalue weighted by Crippen LogP contribution is -2.36. The van der Waals surface area contributed by atoms with E-state index in [4.69, 9.17) is 10.5 Å². The van der Waals surface area contributed by atoms with Crippen molar-refractivity contribution in [3.63, 3.8) is 0 Å². The second-order valence-electron chi connectivity index (χ2n) is 4.14. The minimum absolute atomic E-state index is 0.277. The number of esters is 1. The van der Waals surface area contributed by atoms with Gasteiger partial charge in [0.2, 0.25) is 0 Å². The molecule has 0 amide bonds. The summed E-state index contributed by atoms with van der Waals surface area (Å²) in [7, 11) is 1.39. The third-order valence-electron chi connectivity index (χ3n) is 2.56. The van der Waals surface area contributed by atoms with E-state index in [2.05, 4.69) is 0 Å². The number of hydrogen-bond donors (Lipinski definition) is 1. The maximum Gasteiger partial charge on any atom is 0.313 e. The highest BCUT2D eigenvalue weighted by molar-refractivity contribution is 7.12. The van der Waals surface area contributed by atoms with Gasteiger partial charge in [-0.3, -0.25) is 4.79 Å². The summed E-state index contributed by atoms with van der Waals surface area (Å²) in [5, 5.41) is 0. The van der Waals surface area contributed by atoms with Crippen LogP contribution < -0.4 is 5.73 Å². The van der Waals surface area contributed by atoms with Gasteiger partial charge in [-0.1, -0.05) is 0 Å². The third-order valence-corrected chi connectivity index (χ3v) is 3.64. The fraction of sp³-hybridized carbons (Fsp3) is 0.545. The van der Waals surface area contributed by atoms with Crippen molar-refractivity contribution in [3.05, 3.63) is 21.9 Å². The molecule has 0 spiro atoms. The monoisotopic (exact) mass is 227 g/mol. The van der Waals surface area contributed by atoms with E-state index in [1.165, 1.54) is 12.0 Å². The van der Waals surface area contributed by atoms with Crippen molar-refractivity contribution in [1.82, 2.24) is 0 Å². The van der Waals surface area contributed by atoms with Crippen molar-refractivity contribution < 1.29 is 9.53 Å². The molecule has 0 saturated heterocycles. The molecule has 0 aromatic carbocycles. The Kier molecular flexibility index (Phi) is 3.52. The highest BCUT2D eigenvalue weighted by Gasteiger charge is 2.37. The van der Waals surface area contributed by atoms with Gasteiger partial charge in [0, 0.05) is 9.75 Å². The summed E-state index contributed by atoms with van der Waals surface area (Å²) in [4.78, 5) is 13.8. The molecule has 15 heavy (non-hydrogen) atoms. The van der Waals surface area contributed by atoms with Crippen molar-refractivity contribution in [3.8, 4) is 0 Å². The molecule has 84 valence electrons. The average molecular weight is 227 g/mol. The van der Waals surface area contributed by atoms with Gasteiger partial charge < -0.3 is 10.5 Å². The van der Waals surface area contributed by atoms with Crippen LogP contribution in [0.3, 0.4) is 0 Å². The van der Waals surface area contributed by atoms with E-state index in [1.807, 2.05) is 19.1 Å². The van der Waals surface area contributed by atoms with Crippen LogP contribution in [0.4, 0.5) is 0 Å². The van der Waals surface area contributed by atoms with Crippen molar-refractivity contribution in [1.29, 1.82) is 0 Å². The summed E-state index contributed by atoms with van der Waals surface area (Å²) in [6.07, 6.45) is 0. The highest BCUT2D eigenvalue weighted by Crippen LogP contribution is 2.35. The van der Waals surface area contributed by atoms with Crippen molar-refractivity contribution in [2.45, 2.75) is 26.8 Å². The van der Waals surface area contributed by atoms with E-state index >= 15 is 0 Å². The summed E-state index contributed by atoms with van der Waals surface area (Å²) in [5.74, 6) is -0.277. The van der Waals surface area contributed by atoms with Gasteiger partial charge in [0.05, 0.1) is 18.6 Å². The van der Waals surface area contributed by atoms with E-state index < -0.39 is 5.41 Å². The van der Waals surface area contributed by atoms with Crippen LogP contribution in [0.15, 0.2) is 12.1 Å². The molecule has 0 saturated carbocycles. The Morgan fingerprint density at radius 1 is 1.53 bits per heavy atom. The summed E-state index contributed by atoms with van der Waals surface area (Å²) in [6, 6.07) is 3.66. The number of rotatable bonds is 3. The highest BCUT2D eigenvalue weighted by atomic mass is 32.1. The van der Waals surface area contributed by atoms with Crippen LogP contribution >= 0.6 is 11.3 Å². The molecule has 0 aliphatic heterocycles. The van der Waals surface area contributed by atoms with E-state index in [0.717, 1.165) is 4.88 Å². The summed E-state index contributed by atoms with van der Waals surface area (Å²) >= 11 is 1.62. The van der Waals surface area contributed by atoms with Crippen LogP contribution in [0, 0.1) is 12.3 Å². The lowest BCUT2D eigenvalue weighted by Gasteiger charge is -2.27. The number of thiophene rings is 1. The molecule has 1 aromatic rings. The Balaban J connectivity index is 2.93. The lowest BCUT2D eigenvalue weighted by atomic mass is 9.84. The molecule has 1 atom stereocenters. The SMILES string of the molecule is COC(=O)C(C)(C)[C@H](N)c1ccc(C)s1. The summed E-state index contributed by atoms with van der Waals surface area (Å²) < 4.78 is 4.75. The molecule has 0 bridgehead atoms. The van der Waals surface area contributed by atoms with Crippen molar-refractivity contribution in [2.24, 2.45) is 11.1 Å². The average Bonchev–Trinajstić information content (AvgIpc) is 2.62. The smallest absolute Gasteiger partial charge is 0.313 e. The first-order valence-electron chi connectivity index (χ1n) is 4.80. The number of carbonyl (C=O) groups excluding carboxylic acids is 1. The maximum atomic E-state index is 11.6. The van der Waals surface area contributed by atoms with E-state index in [1.54, 1.807) is 25.2 Å². The van der Waals surface area contributed by atoms with Gasteiger partial charge in [-0.15, -0.1) is 11.3 Å². The second kappa shape index (κ2) is 4.33. The molecule has 1 rings (SSSR count). The first-order valence-corrected chi connectivity index (χ1v) is 5.61. The van der Waals surface area contributed by atoms with Crippen molar-refractivity contribution in [2.75, 3.05) is 7.11 Å². The standard InChI is InChI=1S/C11H17NO2S/c1-7-5-6-8(15-7)9(12)11(2,3)10(13)14-4/h5-6,9H,12H2,1-4H3/t9-/m1/s1. The Bertz CT molecular complexity index is 357. The normalized spacial score (nSPS) is 13.7. The second-order valence-corrected chi connectivity index (χ2v) is 5.46. The number of nitrogens with two attached hydrogens (primary N) is 1. The van der Waals surface area contributed by atoms with Crippen molar-refractivity contribution >= 4 is 17.3 Å². The van der Waals surface area contributed by atoms with Gasteiger partial charge in [-0.25, -0.2) is 0 Å². The maximum absolute atomic E-state index is 11.6. The Hall–Kier alpha value is -0.870. The van der Waals surface area contributed by atoms with Crippen LogP contribution in [0.2, 0.25) is 0 Å². The van der Waals surface area contributed by atoms with Gasteiger partial charge in [0.15, 0.2) is 0 Å². The van der Waals surface area contributed by atoms with Crippen LogP contribution in [-0.4, -0.2) is 13.1 Å². The minimum atomic E-state index is -0.688. The van der Waals surface area contributed by atoms with Gasteiger partial charge >= 0.3 is 5.97 Å². The number of hydrogen-bond acceptors (Lipinski definition) is 4. The van der Waals surface area contributed by atoms with E-state index in [9.17, 15) is 4.79 Å². The zero-order valence-corrected chi connectivity index (χ0v) is 10.4. The Labute approximate surface area is 94.2 Å². The van der Waals surface area contributed by atoms with Crippen LogP contribution in [0.5, 0.6) is 0 Å². The largest absolute Gasteiger partial charge is 0.469 e. The van der Waals surface area contributed by atoms with Gasteiger partial charge in [-0.2, -0.15) is 0 Å². The fourth-order valence-electron chi connectivity index (χ4n) is 1.37. The molecule has 1 aromatic heterocycles. The molecule has 4 heteroatoms. The van der Waals surface area contributed by atoms with Crippen LogP contribution in [0.1, 0.15) is 29.6 Å². The number of methoxy groups -OCH3 is 1. The molecular formula is C11H17NO2S. The zero-order valence-electron chi connectivity index (χ0n) is 9.53. The molecule has 3 nitrogen and oxygen atoms in total. The van der Waals surface area contributed by atoms with Crippen LogP contribution in [-0.2, 0) is 9.53 Å². The number of ether oxygens (including phenoxy) is 1. The Morgan fingerprint density at radius 2 is 2.13 bits per heavy atom. The molecule has 1 heterocycles. The number of carbonyl (C=O) groups is 1. The van der Waals surface area contributed by atoms with Gasteiger partial charge in [-0.05, 0) is 32.9 Å². The zero-order chi connectivity index (χ0) is 11.6. The minimum Gasteiger partial charge on any atom is -0.469 e. The first kappa shape index (κ1) is 12.2. The van der Waals surface area contributed by atoms with Crippen LogP contribution in [0.25, 0.3) is 0 Å². The quantitative estimate of drug-likeness (QED) is 0.806. The topological polar surface area (TPSA) is 52.3 Å². The number of aryl methyl sites for hydroxylation is 1. The van der Waals surface area contributed by atoms with E-state index in [-0.39, 0.29) is 12.0 Å². The molecular weight excluding hydrogens is 210 g/mol.